The number of nitrogens with one attached hydrogen (secondary N) is 2. The third kappa shape index (κ3) is 12.8. The molecule has 0 spiro atoms. The van der Waals surface area contributed by atoms with Gasteiger partial charge in [0.2, 0.25) is 0 Å². The number of hydrogen-bond acceptors (Lipinski definition) is 8. The van der Waals surface area contributed by atoms with E-state index in [-0.39, 0.29) is 46.2 Å². The first-order chi connectivity index (χ1) is 27.1. The van der Waals surface area contributed by atoms with Crippen LogP contribution in [0.25, 0.3) is 21.8 Å². The monoisotopic (exact) mass is 936 g/mol. The van der Waals surface area contributed by atoms with Crippen LogP contribution in [0.15, 0.2) is 58.3 Å². The molecule has 2 aromatic carbocycles. The number of aliphatic hydroxyl groups excluding tert-OH is 4. The summed E-state index contributed by atoms with van der Waals surface area (Å²) < 4.78 is 209. The molecule has 2 aliphatic heterocycles. The van der Waals surface area contributed by atoms with E-state index >= 15 is 0 Å². The first-order valence-electron chi connectivity index (χ1n) is 17.4. The Morgan fingerprint density at radius 3 is 1.10 bits per heavy atom. The second-order valence-electron chi connectivity index (χ2n) is 13.5. The van der Waals surface area contributed by atoms with Crippen LogP contribution in [-0.4, -0.2) is 69.8 Å². The van der Waals surface area contributed by atoms with Crippen LogP contribution in [0.5, 0.6) is 0 Å². The molecule has 26 heteroatoms. The van der Waals surface area contributed by atoms with Crippen molar-refractivity contribution in [3.8, 4) is 0 Å². The number of fused-ring (bicyclic) bond motifs is 2. The number of rotatable bonds is 6. The Morgan fingerprint density at radius 2 is 0.850 bits per heavy atom. The van der Waals surface area contributed by atoms with Gasteiger partial charge in [-0.1, -0.05) is 63.8 Å². The van der Waals surface area contributed by atoms with Crippen molar-refractivity contribution in [2.75, 3.05) is 27.3 Å². The standard InChI is InChI=1S/2C16H16F8N2OS.2CH4O/c2*17-16(18,19)14-8-11(15(27)12-3-1-2-6-25-12)10-5-4-9(7-13(10)26-14)28(20,21,22,23)24;2*1-2/h2*4-5,7-8,12,15,25,27H,1-3,6H2;2*2H,1H3/t2*12-,15+;;/m10../s1. The molecule has 0 radical (unpaired) electrons. The molecular weight excluding hydrogens is 896 g/mol. The van der Waals surface area contributed by atoms with Crippen molar-refractivity contribution in [3.05, 3.63) is 71.0 Å². The van der Waals surface area contributed by atoms with E-state index in [2.05, 4.69) is 20.6 Å². The first-order valence-corrected chi connectivity index (χ1v) is 21.3. The lowest BCUT2D eigenvalue weighted by Gasteiger charge is -2.40. The second-order valence-corrected chi connectivity index (χ2v) is 18.3. The molecule has 6 N–H and O–H groups in total. The Labute approximate surface area is 331 Å². The molecule has 4 atom stereocenters. The van der Waals surface area contributed by atoms with E-state index in [4.69, 9.17) is 10.2 Å². The lowest BCUT2D eigenvalue weighted by molar-refractivity contribution is -0.141. The van der Waals surface area contributed by atoms with Crippen molar-refractivity contribution >= 4 is 42.3 Å². The largest absolute Gasteiger partial charge is 0.433 e. The number of aromatic nitrogens is 2. The van der Waals surface area contributed by atoms with E-state index in [1.54, 1.807) is 0 Å². The summed E-state index contributed by atoms with van der Waals surface area (Å²) in [5.74, 6) is 0. The summed E-state index contributed by atoms with van der Waals surface area (Å²) in [6.07, 6.45) is -9.11. The maximum atomic E-state index is 13.2. The molecule has 6 rings (SSSR count). The highest BCUT2D eigenvalue weighted by molar-refractivity contribution is 8.46. The number of benzene rings is 2. The third-order valence-electron chi connectivity index (χ3n) is 9.19. The van der Waals surface area contributed by atoms with Gasteiger partial charge in [0, 0.05) is 37.1 Å². The summed E-state index contributed by atoms with van der Waals surface area (Å²) in [7, 11) is -18.2. The summed E-state index contributed by atoms with van der Waals surface area (Å²) in [4.78, 5) is 1.53. The van der Waals surface area contributed by atoms with Crippen molar-refractivity contribution in [1.82, 2.24) is 20.6 Å². The molecule has 2 saturated heterocycles. The van der Waals surface area contributed by atoms with Gasteiger partial charge < -0.3 is 31.1 Å². The van der Waals surface area contributed by atoms with E-state index in [1.165, 1.54) is 0 Å². The first kappa shape index (κ1) is 51.0. The van der Waals surface area contributed by atoms with Crippen LogP contribution in [0.2, 0.25) is 0 Å². The van der Waals surface area contributed by atoms with E-state index in [1.807, 2.05) is 0 Å². The van der Waals surface area contributed by atoms with Crippen molar-refractivity contribution in [1.29, 1.82) is 0 Å². The zero-order chi connectivity index (χ0) is 46.0. The quantitative estimate of drug-likeness (QED) is 0.105. The lowest BCUT2D eigenvalue weighted by Crippen LogP contribution is -2.39. The molecule has 344 valence electrons. The predicted octanol–water partition coefficient (Wildman–Crippen LogP) is 11.4. The van der Waals surface area contributed by atoms with Gasteiger partial charge in [0.15, 0.2) is 0 Å². The topological polar surface area (TPSA) is 131 Å². The zero-order valence-electron chi connectivity index (χ0n) is 31.1. The Bertz CT molecular complexity index is 1980. The van der Waals surface area contributed by atoms with Gasteiger partial charge in [0.25, 0.3) is 0 Å². The minimum atomic E-state index is -10.1. The summed E-state index contributed by atoms with van der Waals surface area (Å²) in [6.45, 7) is 1.04. The van der Waals surface area contributed by atoms with E-state index in [0.29, 0.717) is 63.0 Å². The van der Waals surface area contributed by atoms with Crippen molar-refractivity contribution in [2.45, 2.75) is 85.0 Å². The highest BCUT2D eigenvalue weighted by atomic mass is 32.5. The van der Waals surface area contributed by atoms with Crippen molar-refractivity contribution in [3.63, 3.8) is 0 Å². The number of aliphatic hydroxyl groups is 4. The summed E-state index contributed by atoms with van der Waals surface area (Å²) in [5.41, 5.74) is -5.58. The van der Waals surface area contributed by atoms with Gasteiger partial charge in [-0.15, -0.1) is 0 Å². The Hall–Kier alpha value is -3.40. The zero-order valence-corrected chi connectivity index (χ0v) is 32.8. The molecule has 4 aromatic rings. The van der Waals surface area contributed by atoms with E-state index in [9.17, 15) is 75.4 Å². The van der Waals surface area contributed by atoms with E-state index < -0.39 is 89.3 Å². The van der Waals surface area contributed by atoms with Crippen molar-refractivity contribution < 1.29 is 85.6 Å². The molecule has 0 aliphatic carbocycles. The minimum absolute atomic E-state index is 0.101. The SMILES string of the molecule is CO.CO.O[C@@H](c1cc(C(F)(F)F)nc2cc(S(F)(F)(F)(F)F)ccc12)[C@H]1CCCCN1.O[C@H](c1cc(C(F)(F)F)nc2cc(S(F)(F)(F)(F)F)ccc12)[C@@H]1CCCCN1. The van der Waals surface area contributed by atoms with Crippen LogP contribution in [0.1, 0.15) is 73.2 Å². The summed E-state index contributed by atoms with van der Waals surface area (Å²) in [6, 6.07) is 1.10. The lowest BCUT2D eigenvalue weighted by atomic mass is 9.92. The van der Waals surface area contributed by atoms with Gasteiger partial charge in [-0.25, -0.2) is 9.97 Å². The van der Waals surface area contributed by atoms with Gasteiger partial charge >= 0.3 is 32.8 Å². The minimum Gasteiger partial charge on any atom is -0.400 e. The fraction of sp³-hybridized carbons (Fsp3) is 0.471. The predicted molar refractivity (Wildman–Crippen MR) is 194 cm³/mol. The average Bonchev–Trinajstić information content (AvgIpc) is 3.16. The van der Waals surface area contributed by atoms with Gasteiger partial charge in [-0.05, 0) is 86.3 Å². The third-order valence-corrected chi connectivity index (χ3v) is 11.5. The van der Waals surface area contributed by atoms with Crippen LogP contribution in [0.3, 0.4) is 0 Å². The molecule has 2 fully saturated rings. The number of nitrogens with zero attached hydrogens (tertiary/aromatic N) is 2. The van der Waals surface area contributed by atoms with Gasteiger partial charge in [-0.2, -0.15) is 26.3 Å². The normalized spacial score (nSPS) is 21.2. The molecular formula is C34H40F16N4O4S2. The van der Waals surface area contributed by atoms with Crippen LogP contribution in [-0.2, 0) is 12.4 Å². The molecule has 4 heterocycles. The fourth-order valence-electron chi connectivity index (χ4n) is 6.46. The maximum absolute atomic E-state index is 13.2. The Morgan fingerprint density at radius 1 is 0.533 bits per heavy atom. The number of halogens is 16. The number of pyridine rings is 2. The van der Waals surface area contributed by atoms with Crippen LogP contribution >= 0.6 is 20.4 Å². The van der Waals surface area contributed by atoms with Crippen molar-refractivity contribution in [2.24, 2.45) is 0 Å². The number of hydrogen-bond donors (Lipinski definition) is 6. The molecule has 0 bridgehead atoms. The molecule has 2 aliphatic rings. The van der Waals surface area contributed by atoms with Gasteiger partial charge in [-0.3, -0.25) is 0 Å². The fourth-order valence-corrected chi connectivity index (χ4v) is 7.78. The summed E-state index contributed by atoms with van der Waals surface area (Å²) >= 11 is 0. The molecule has 0 amide bonds. The van der Waals surface area contributed by atoms with Crippen LogP contribution in [0.4, 0.5) is 65.2 Å². The Kier molecular flexibility index (Phi) is 13.9. The smallest absolute Gasteiger partial charge is 0.400 e. The molecule has 60 heavy (non-hydrogen) atoms. The van der Waals surface area contributed by atoms with Crippen LogP contribution < -0.4 is 10.6 Å². The average molecular weight is 937 g/mol. The molecule has 0 unspecified atom stereocenters. The highest BCUT2D eigenvalue weighted by Gasteiger charge is 2.66. The molecule has 0 saturated carbocycles. The summed E-state index contributed by atoms with van der Waals surface area (Å²) in [5, 5.41) is 40.5. The maximum Gasteiger partial charge on any atom is 0.433 e. The van der Waals surface area contributed by atoms with Gasteiger partial charge in [0.1, 0.15) is 21.2 Å². The van der Waals surface area contributed by atoms with E-state index in [0.717, 1.165) is 27.1 Å². The molecule has 2 aromatic heterocycles. The number of alkyl halides is 6. The molecule has 8 nitrogen and oxygen atoms in total. The van der Waals surface area contributed by atoms with Gasteiger partial charge in [0.05, 0.1) is 23.2 Å². The Balaban J connectivity index is 0.000000296. The number of piperidine rings is 2. The van der Waals surface area contributed by atoms with Crippen LogP contribution in [0, 0.1) is 0 Å². The second kappa shape index (κ2) is 16.4. The highest BCUT2D eigenvalue weighted by Crippen LogP contribution is 3.02.